The number of rotatable bonds is 3. The van der Waals surface area contributed by atoms with E-state index < -0.39 is 0 Å². The minimum atomic E-state index is -0.0548. The third-order valence-corrected chi connectivity index (χ3v) is 6.46. The van der Waals surface area contributed by atoms with E-state index >= 15 is 0 Å². The summed E-state index contributed by atoms with van der Waals surface area (Å²) >= 11 is 5.46. The summed E-state index contributed by atoms with van der Waals surface area (Å²) in [5.74, 6) is 3.53. The van der Waals surface area contributed by atoms with Crippen LogP contribution in [0.25, 0.3) is 16.7 Å². The topological polar surface area (TPSA) is 55.4 Å². The van der Waals surface area contributed by atoms with E-state index in [0.29, 0.717) is 17.7 Å². The van der Waals surface area contributed by atoms with Gasteiger partial charge in [0.2, 0.25) is 11.7 Å². The summed E-state index contributed by atoms with van der Waals surface area (Å²) in [6, 6.07) is 15.8. The van der Waals surface area contributed by atoms with Gasteiger partial charge in [-0.1, -0.05) is 46.3 Å². The van der Waals surface area contributed by atoms with Crippen LogP contribution in [0, 0.1) is 0 Å². The van der Waals surface area contributed by atoms with Gasteiger partial charge >= 0.3 is 0 Å². The highest BCUT2D eigenvalue weighted by atomic mass is 79.9. The van der Waals surface area contributed by atoms with E-state index in [2.05, 4.69) is 31.0 Å². The molecule has 5 rings (SSSR count). The molecular weight excluding hydrogens is 438 g/mol. The first-order valence-corrected chi connectivity index (χ1v) is 11.1. The molecule has 0 saturated carbocycles. The molecule has 0 spiro atoms. The lowest BCUT2D eigenvalue weighted by Gasteiger charge is -2.26. The molecule has 0 atom stereocenters. The van der Waals surface area contributed by atoms with Gasteiger partial charge in [0, 0.05) is 29.1 Å². The maximum Gasteiger partial charge on any atom is 0.263 e. The van der Waals surface area contributed by atoms with Crippen LogP contribution in [0.5, 0.6) is 0 Å². The molecule has 6 nitrogen and oxygen atoms in total. The Hall–Kier alpha value is -2.32. The predicted octanol–water partition coefficient (Wildman–Crippen LogP) is 3.41. The van der Waals surface area contributed by atoms with E-state index in [0.717, 1.165) is 46.1 Å². The molecule has 1 saturated heterocycles. The maximum absolute atomic E-state index is 13.3. The number of halogens is 1. The number of hydrogen-bond donors (Lipinski definition) is 0. The summed E-state index contributed by atoms with van der Waals surface area (Å²) in [5.41, 5.74) is 1.84. The molecular formula is C20H18BrN5OS. The Balaban J connectivity index is 1.79. The van der Waals surface area contributed by atoms with Crippen LogP contribution in [-0.4, -0.2) is 43.8 Å². The standard InChI is InChI=1S/C20H18BrN5OS/c21-15-6-7-17-16(12-15)18(27)25(13-14-4-2-1-3-5-14)20-23-22-19(26(17)20)24-8-10-28-11-9-24/h1-7,12H,8-11,13H2. The Morgan fingerprint density at radius 3 is 2.61 bits per heavy atom. The normalized spacial score (nSPS) is 14.8. The average molecular weight is 456 g/mol. The second-order valence-corrected chi connectivity index (χ2v) is 8.91. The number of thioether (sulfide) groups is 1. The van der Waals surface area contributed by atoms with Crippen molar-refractivity contribution < 1.29 is 0 Å². The van der Waals surface area contributed by atoms with E-state index in [9.17, 15) is 4.79 Å². The lowest BCUT2D eigenvalue weighted by Crippen LogP contribution is -2.34. The fourth-order valence-corrected chi connectivity index (χ4v) is 4.91. The fraction of sp³-hybridized carbons (Fsp3) is 0.250. The Morgan fingerprint density at radius 2 is 1.82 bits per heavy atom. The van der Waals surface area contributed by atoms with Crippen LogP contribution >= 0.6 is 27.7 Å². The van der Waals surface area contributed by atoms with E-state index in [1.807, 2.05) is 64.7 Å². The average Bonchev–Trinajstić information content (AvgIpc) is 3.17. The second-order valence-electron chi connectivity index (χ2n) is 6.77. The van der Waals surface area contributed by atoms with Gasteiger partial charge in [-0.3, -0.25) is 9.36 Å². The molecule has 0 bridgehead atoms. The monoisotopic (exact) mass is 455 g/mol. The van der Waals surface area contributed by atoms with Crippen molar-refractivity contribution >= 4 is 50.3 Å². The highest BCUT2D eigenvalue weighted by Crippen LogP contribution is 2.24. The van der Waals surface area contributed by atoms with Crippen LogP contribution in [0.3, 0.4) is 0 Å². The van der Waals surface area contributed by atoms with Gasteiger partial charge < -0.3 is 4.90 Å². The van der Waals surface area contributed by atoms with Gasteiger partial charge in [-0.15, -0.1) is 10.2 Å². The molecule has 1 aliphatic heterocycles. The Morgan fingerprint density at radius 1 is 1.04 bits per heavy atom. The minimum Gasteiger partial charge on any atom is -0.339 e. The summed E-state index contributed by atoms with van der Waals surface area (Å²) in [4.78, 5) is 15.6. The molecule has 0 N–H and O–H groups in total. The number of fused-ring (bicyclic) bond motifs is 3. The van der Waals surface area contributed by atoms with Gasteiger partial charge in [-0.2, -0.15) is 11.8 Å². The van der Waals surface area contributed by atoms with Crippen molar-refractivity contribution in [1.82, 2.24) is 19.2 Å². The zero-order valence-corrected chi connectivity index (χ0v) is 17.5. The van der Waals surface area contributed by atoms with Gasteiger partial charge in [0.1, 0.15) is 0 Å². The molecule has 0 aliphatic carbocycles. The van der Waals surface area contributed by atoms with Gasteiger partial charge in [-0.05, 0) is 23.8 Å². The SMILES string of the molecule is O=c1c2cc(Br)ccc2n2c(N3CCSCC3)nnc2n1Cc1ccccc1. The molecule has 0 amide bonds. The molecule has 142 valence electrons. The quantitative estimate of drug-likeness (QED) is 0.473. The van der Waals surface area contributed by atoms with Crippen LogP contribution in [0.1, 0.15) is 5.56 Å². The number of nitrogens with zero attached hydrogens (tertiary/aromatic N) is 5. The summed E-state index contributed by atoms with van der Waals surface area (Å²) < 4.78 is 4.63. The van der Waals surface area contributed by atoms with Gasteiger partial charge in [-0.25, -0.2) is 4.40 Å². The Kier molecular flexibility index (Phi) is 4.60. The molecule has 0 unspecified atom stereocenters. The first-order chi connectivity index (χ1) is 13.7. The molecule has 3 heterocycles. The van der Waals surface area contributed by atoms with Crippen molar-refractivity contribution in [1.29, 1.82) is 0 Å². The number of benzene rings is 2. The second kappa shape index (κ2) is 7.25. The summed E-state index contributed by atoms with van der Waals surface area (Å²) in [6.45, 7) is 2.32. The summed E-state index contributed by atoms with van der Waals surface area (Å²) in [5, 5.41) is 9.59. The first-order valence-electron chi connectivity index (χ1n) is 9.16. The lowest BCUT2D eigenvalue weighted by atomic mass is 10.2. The summed E-state index contributed by atoms with van der Waals surface area (Å²) in [7, 11) is 0. The van der Waals surface area contributed by atoms with E-state index in [1.165, 1.54) is 0 Å². The molecule has 8 heteroatoms. The lowest BCUT2D eigenvalue weighted by molar-refractivity contribution is 0.763. The molecule has 28 heavy (non-hydrogen) atoms. The largest absolute Gasteiger partial charge is 0.339 e. The maximum atomic E-state index is 13.3. The van der Waals surface area contributed by atoms with Gasteiger partial charge in [0.05, 0.1) is 17.4 Å². The van der Waals surface area contributed by atoms with Crippen molar-refractivity contribution in [2.24, 2.45) is 0 Å². The van der Waals surface area contributed by atoms with Crippen molar-refractivity contribution in [3.63, 3.8) is 0 Å². The fourth-order valence-electron chi connectivity index (χ4n) is 3.65. The highest BCUT2D eigenvalue weighted by molar-refractivity contribution is 9.10. The number of hydrogen-bond acceptors (Lipinski definition) is 5. The molecule has 0 radical (unpaired) electrons. The van der Waals surface area contributed by atoms with Crippen LogP contribution < -0.4 is 10.5 Å². The van der Waals surface area contributed by atoms with E-state index in [1.54, 1.807) is 4.57 Å². The Labute approximate surface area is 174 Å². The predicted molar refractivity (Wildman–Crippen MR) is 118 cm³/mol. The smallest absolute Gasteiger partial charge is 0.263 e. The van der Waals surface area contributed by atoms with Crippen molar-refractivity contribution in [3.8, 4) is 0 Å². The number of anilines is 1. The van der Waals surface area contributed by atoms with Gasteiger partial charge in [0.15, 0.2) is 0 Å². The Bertz CT molecular complexity index is 1210. The first kappa shape index (κ1) is 17.8. The van der Waals surface area contributed by atoms with Crippen LogP contribution in [0.15, 0.2) is 57.8 Å². The highest BCUT2D eigenvalue weighted by Gasteiger charge is 2.22. The van der Waals surface area contributed by atoms with E-state index in [4.69, 9.17) is 0 Å². The van der Waals surface area contributed by atoms with E-state index in [-0.39, 0.29) is 5.56 Å². The third-order valence-electron chi connectivity index (χ3n) is 5.02. The molecule has 2 aromatic heterocycles. The van der Waals surface area contributed by atoms with Gasteiger partial charge in [0.25, 0.3) is 5.56 Å². The van der Waals surface area contributed by atoms with Crippen LogP contribution in [-0.2, 0) is 6.54 Å². The molecule has 2 aromatic carbocycles. The zero-order chi connectivity index (χ0) is 19.1. The van der Waals surface area contributed by atoms with Crippen molar-refractivity contribution in [3.05, 3.63) is 68.9 Å². The number of aromatic nitrogens is 4. The minimum absolute atomic E-state index is 0.0548. The van der Waals surface area contributed by atoms with Crippen molar-refractivity contribution in [2.75, 3.05) is 29.5 Å². The molecule has 1 fully saturated rings. The molecule has 4 aromatic rings. The third kappa shape index (κ3) is 3.00. The van der Waals surface area contributed by atoms with Crippen LogP contribution in [0.4, 0.5) is 5.95 Å². The van der Waals surface area contributed by atoms with Crippen molar-refractivity contribution in [2.45, 2.75) is 6.54 Å². The molecule has 1 aliphatic rings. The zero-order valence-electron chi connectivity index (χ0n) is 15.1. The van der Waals surface area contributed by atoms with Crippen LogP contribution in [0.2, 0.25) is 0 Å². The summed E-state index contributed by atoms with van der Waals surface area (Å²) in [6.07, 6.45) is 0.